The highest BCUT2D eigenvalue weighted by Crippen LogP contribution is 2.35. The first-order valence-corrected chi connectivity index (χ1v) is 11.4. The number of methoxy groups -OCH3 is 1. The zero-order valence-electron chi connectivity index (χ0n) is 18.6. The minimum Gasteiger partial charge on any atom is -0.493 e. The summed E-state index contributed by atoms with van der Waals surface area (Å²) in [6.07, 6.45) is 1.56. The van der Waals surface area contributed by atoms with E-state index < -0.39 is 10.9 Å². The molecule has 0 aliphatic carbocycles. The Morgan fingerprint density at radius 1 is 1.17 bits per heavy atom. The molecule has 0 bridgehead atoms. The summed E-state index contributed by atoms with van der Waals surface area (Å²) in [7, 11) is 1.50. The monoisotopic (exact) mass is 588 g/mol. The molecule has 0 aromatic heterocycles. The third-order valence-corrected chi connectivity index (χ3v) is 5.91. The van der Waals surface area contributed by atoms with Crippen molar-refractivity contribution in [1.29, 1.82) is 0 Å². The highest BCUT2D eigenvalue weighted by atomic mass is 127. The fourth-order valence-electron chi connectivity index (χ4n) is 3.38. The van der Waals surface area contributed by atoms with Crippen LogP contribution in [-0.4, -0.2) is 23.9 Å². The third kappa shape index (κ3) is 5.48. The van der Waals surface area contributed by atoms with Crippen molar-refractivity contribution in [2.75, 3.05) is 7.11 Å². The first kappa shape index (κ1) is 24.3. The van der Waals surface area contributed by atoms with E-state index in [1.807, 2.05) is 0 Å². The van der Waals surface area contributed by atoms with Gasteiger partial charge in [0.1, 0.15) is 12.4 Å². The summed E-state index contributed by atoms with van der Waals surface area (Å²) in [5.41, 5.74) is 2.37. The fraction of sp³-hybridized carbons (Fsp3) is 0.120. The number of rotatable bonds is 7. The Morgan fingerprint density at radius 3 is 2.57 bits per heavy atom. The van der Waals surface area contributed by atoms with Crippen LogP contribution in [0.2, 0.25) is 0 Å². The van der Waals surface area contributed by atoms with E-state index in [-0.39, 0.29) is 29.7 Å². The predicted molar refractivity (Wildman–Crippen MR) is 135 cm³/mol. The summed E-state index contributed by atoms with van der Waals surface area (Å²) in [6, 6.07) is 13.9. The predicted octanol–water partition coefficient (Wildman–Crippen LogP) is 5.58. The number of aryl methyl sites for hydroxylation is 1. The van der Waals surface area contributed by atoms with Gasteiger partial charge in [-0.2, -0.15) is 0 Å². The first-order valence-electron chi connectivity index (χ1n) is 10.3. The van der Waals surface area contributed by atoms with Gasteiger partial charge in [-0.05, 0) is 83.1 Å². The van der Waals surface area contributed by atoms with Gasteiger partial charge in [-0.25, -0.2) is 14.2 Å². The van der Waals surface area contributed by atoms with Crippen molar-refractivity contribution in [3.63, 3.8) is 0 Å². The lowest BCUT2D eigenvalue weighted by Gasteiger charge is -2.14. The van der Waals surface area contributed by atoms with Crippen LogP contribution in [0.5, 0.6) is 11.5 Å². The Hall–Kier alpha value is -3.80. The van der Waals surface area contributed by atoms with Gasteiger partial charge >= 0.3 is 5.97 Å². The van der Waals surface area contributed by atoms with E-state index in [4.69, 9.17) is 14.2 Å². The molecule has 0 amide bonds. The smallest absolute Gasteiger partial charge is 0.363 e. The average Bonchev–Trinajstić information content (AvgIpc) is 3.18. The molecule has 35 heavy (non-hydrogen) atoms. The van der Waals surface area contributed by atoms with Gasteiger partial charge in [0.2, 0.25) is 5.90 Å². The number of aliphatic imine (C=N–C) groups is 1. The Bertz CT molecular complexity index is 1390. The summed E-state index contributed by atoms with van der Waals surface area (Å²) < 4.78 is 30.5. The largest absolute Gasteiger partial charge is 0.493 e. The molecule has 3 aromatic carbocycles. The average molecular weight is 588 g/mol. The summed E-state index contributed by atoms with van der Waals surface area (Å²) in [5.74, 6) is 0.0755. The number of ether oxygens (including phenoxy) is 3. The Balaban J connectivity index is 1.58. The minimum atomic E-state index is -0.637. The number of hydrogen-bond acceptors (Lipinski definition) is 7. The number of nitrogens with zero attached hydrogens (tertiary/aromatic N) is 2. The van der Waals surface area contributed by atoms with Gasteiger partial charge in [-0.1, -0.05) is 12.1 Å². The van der Waals surface area contributed by atoms with Crippen molar-refractivity contribution >= 4 is 46.2 Å². The molecule has 0 atom stereocenters. The number of carbonyl (C=O) groups is 1. The molecule has 0 saturated carbocycles. The van der Waals surface area contributed by atoms with Gasteiger partial charge in [-0.15, -0.1) is 0 Å². The Kier molecular flexibility index (Phi) is 7.10. The topological polar surface area (TPSA) is 100 Å². The number of halogens is 2. The lowest BCUT2D eigenvalue weighted by Crippen LogP contribution is -2.06. The van der Waals surface area contributed by atoms with Gasteiger partial charge in [0.15, 0.2) is 17.2 Å². The second-order valence-corrected chi connectivity index (χ2v) is 8.71. The van der Waals surface area contributed by atoms with E-state index in [0.717, 1.165) is 9.13 Å². The van der Waals surface area contributed by atoms with Crippen LogP contribution >= 0.6 is 22.6 Å². The van der Waals surface area contributed by atoms with Crippen LogP contribution < -0.4 is 9.47 Å². The van der Waals surface area contributed by atoms with E-state index >= 15 is 0 Å². The molecule has 4 rings (SSSR count). The quantitative estimate of drug-likeness (QED) is 0.118. The van der Waals surface area contributed by atoms with Gasteiger partial charge in [0.05, 0.1) is 15.6 Å². The summed E-state index contributed by atoms with van der Waals surface area (Å²) in [4.78, 5) is 27.2. The second kappa shape index (κ2) is 10.2. The van der Waals surface area contributed by atoms with E-state index in [0.29, 0.717) is 28.2 Å². The van der Waals surface area contributed by atoms with Gasteiger partial charge in [-0.3, -0.25) is 10.1 Å². The molecule has 0 N–H and O–H groups in total. The highest BCUT2D eigenvalue weighted by Gasteiger charge is 2.25. The summed E-state index contributed by atoms with van der Waals surface area (Å²) in [6.45, 7) is 1.82. The molecule has 0 saturated heterocycles. The first-order chi connectivity index (χ1) is 16.7. The number of nitro benzene ring substituents is 1. The molecular weight excluding hydrogens is 570 g/mol. The molecule has 1 aliphatic heterocycles. The lowest BCUT2D eigenvalue weighted by atomic mass is 10.1. The van der Waals surface area contributed by atoms with Crippen molar-refractivity contribution < 1.29 is 28.3 Å². The van der Waals surface area contributed by atoms with Crippen molar-refractivity contribution in [2.24, 2.45) is 4.99 Å². The lowest BCUT2D eigenvalue weighted by molar-refractivity contribution is -0.385. The minimum absolute atomic E-state index is 0.0298. The second-order valence-electron chi connectivity index (χ2n) is 7.54. The molecule has 0 fully saturated rings. The maximum Gasteiger partial charge on any atom is 0.363 e. The van der Waals surface area contributed by atoms with Crippen LogP contribution in [0.15, 0.2) is 65.3 Å². The molecule has 3 aromatic rings. The number of benzene rings is 3. The summed E-state index contributed by atoms with van der Waals surface area (Å²) >= 11 is 2.10. The maximum absolute atomic E-state index is 13.1. The summed E-state index contributed by atoms with van der Waals surface area (Å²) in [5, 5.41) is 11.0. The fourth-order valence-corrected chi connectivity index (χ4v) is 4.16. The SMILES string of the molecule is COc1cc(/C=C2\N=C(c3ccc([N+](=O)[O-])c(C)c3)OC2=O)cc(I)c1OCc1ccc(F)cc1. The molecule has 1 aliphatic rings. The number of nitro groups is 1. The standard InChI is InChI=1S/C25H18FIN2O6/c1-14-9-17(5-8-21(14)29(31)32)24-28-20(25(30)35-24)11-16-10-19(27)23(22(12-16)33-2)34-13-15-3-6-18(26)7-4-15/h3-12H,13H2,1-2H3/b20-11-. The van der Waals surface area contributed by atoms with Gasteiger partial charge in [0.25, 0.3) is 5.69 Å². The number of esters is 1. The molecule has 8 nitrogen and oxygen atoms in total. The van der Waals surface area contributed by atoms with Crippen molar-refractivity contribution in [1.82, 2.24) is 0 Å². The van der Waals surface area contributed by atoms with Gasteiger partial charge in [0, 0.05) is 17.2 Å². The van der Waals surface area contributed by atoms with Crippen molar-refractivity contribution in [2.45, 2.75) is 13.5 Å². The molecule has 1 heterocycles. The van der Waals surface area contributed by atoms with E-state index in [1.54, 1.807) is 43.3 Å². The molecule has 10 heteroatoms. The zero-order chi connectivity index (χ0) is 25.1. The number of cyclic esters (lactones) is 1. The zero-order valence-corrected chi connectivity index (χ0v) is 20.7. The van der Waals surface area contributed by atoms with Crippen LogP contribution in [0.1, 0.15) is 22.3 Å². The van der Waals surface area contributed by atoms with E-state index in [9.17, 15) is 19.3 Å². The van der Waals surface area contributed by atoms with Crippen LogP contribution in [0.4, 0.5) is 10.1 Å². The molecule has 178 valence electrons. The maximum atomic E-state index is 13.1. The van der Waals surface area contributed by atoms with E-state index in [2.05, 4.69) is 27.6 Å². The van der Waals surface area contributed by atoms with Crippen LogP contribution in [-0.2, 0) is 16.1 Å². The van der Waals surface area contributed by atoms with Crippen molar-refractivity contribution in [3.05, 3.63) is 102 Å². The van der Waals surface area contributed by atoms with Crippen molar-refractivity contribution in [3.8, 4) is 11.5 Å². The molecule has 0 unspecified atom stereocenters. The van der Waals surface area contributed by atoms with E-state index in [1.165, 1.54) is 31.4 Å². The van der Waals surface area contributed by atoms with Crippen LogP contribution in [0.3, 0.4) is 0 Å². The molecular formula is C25H18FIN2O6. The Labute approximate surface area is 213 Å². The molecule has 0 radical (unpaired) electrons. The number of carbonyl (C=O) groups excluding carboxylic acids is 1. The highest BCUT2D eigenvalue weighted by molar-refractivity contribution is 14.1. The van der Waals surface area contributed by atoms with Crippen LogP contribution in [0, 0.1) is 26.4 Å². The normalized spacial score (nSPS) is 14.0. The third-order valence-electron chi connectivity index (χ3n) is 5.11. The Morgan fingerprint density at radius 2 is 1.91 bits per heavy atom. The van der Waals surface area contributed by atoms with Crippen LogP contribution in [0.25, 0.3) is 6.08 Å². The van der Waals surface area contributed by atoms with Gasteiger partial charge < -0.3 is 14.2 Å². The molecule has 0 spiro atoms. The number of hydrogen-bond donors (Lipinski definition) is 0.